The Hall–Kier alpha value is -2.43. The molecule has 0 spiro atoms. The van der Waals surface area contributed by atoms with Crippen molar-refractivity contribution >= 4 is 43.5 Å². The number of hydrogen-bond acceptors (Lipinski definition) is 5. The van der Waals surface area contributed by atoms with Crippen LogP contribution in [0.1, 0.15) is 30.7 Å². The second kappa shape index (κ2) is 7.53. The van der Waals surface area contributed by atoms with Gasteiger partial charge in [-0.25, -0.2) is 4.98 Å². The van der Waals surface area contributed by atoms with Gasteiger partial charge >= 0.3 is 0 Å². The minimum atomic E-state index is -0.451. The van der Waals surface area contributed by atoms with Crippen LogP contribution >= 0.6 is 31.9 Å². The molecule has 0 fully saturated rings. The lowest BCUT2D eigenvalue weighted by Gasteiger charge is -2.39. The molecular weight excluding hydrogens is 484 g/mol. The van der Waals surface area contributed by atoms with Crippen molar-refractivity contribution in [2.24, 2.45) is 5.73 Å². The third kappa shape index (κ3) is 3.17. The van der Waals surface area contributed by atoms with Gasteiger partial charge in [-0.2, -0.15) is 5.26 Å². The van der Waals surface area contributed by atoms with Crippen molar-refractivity contribution in [1.82, 2.24) is 4.98 Å². The summed E-state index contributed by atoms with van der Waals surface area (Å²) in [6, 6.07) is 13.6. The van der Waals surface area contributed by atoms with Crippen LogP contribution in [-0.4, -0.2) is 10.8 Å². The Morgan fingerprint density at radius 3 is 2.46 bits per heavy atom. The molecule has 1 aliphatic carbocycles. The van der Waals surface area contributed by atoms with E-state index in [4.69, 9.17) is 5.73 Å². The number of Topliss-reactive ketones (excluding diaryl/α,β-unsaturated/α-hetero) is 1. The summed E-state index contributed by atoms with van der Waals surface area (Å²) in [6.45, 7) is 0. The number of hydrogen-bond donors (Lipinski definition) is 1. The fraction of sp³-hybridized carbons (Fsp3) is 0.190. The number of carbonyl (C=O) groups is 1. The Morgan fingerprint density at radius 1 is 1.11 bits per heavy atom. The molecule has 2 heterocycles. The van der Waals surface area contributed by atoms with Gasteiger partial charge in [0, 0.05) is 32.8 Å². The molecule has 0 bridgehead atoms. The summed E-state index contributed by atoms with van der Waals surface area (Å²) >= 11 is 6.83. The maximum absolute atomic E-state index is 13.0. The molecule has 1 unspecified atom stereocenters. The van der Waals surface area contributed by atoms with E-state index in [0.29, 0.717) is 35.6 Å². The zero-order valence-corrected chi connectivity index (χ0v) is 18.0. The number of nitrogens with zero attached hydrogens (tertiary/aromatic N) is 3. The predicted molar refractivity (Wildman–Crippen MR) is 114 cm³/mol. The third-order valence-electron chi connectivity index (χ3n) is 5.06. The first-order valence-electron chi connectivity index (χ1n) is 8.84. The lowest BCUT2D eigenvalue weighted by Crippen LogP contribution is -2.39. The molecule has 0 radical (unpaired) electrons. The highest BCUT2D eigenvalue weighted by Gasteiger charge is 2.40. The summed E-state index contributed by atoms with van der Waals surface area (Å²) < 4.78 is 1.78. The Morgan fingerprint density at radius 2 is 1.82 bits per heavy atom. The number of carbonyl (C=O) groups excluding carboxylic acids is 1. The maximum atomic E-state index is 13.0. The number of nitriles is 1. The monoisotopic (exact) mass is 498 g/mol. The molecule has 5 nitrogen and oxygen atoms in total. The highest BCUT2D eigenvalue weighted by Crippen LogP contribution is 2.46. The molecule has 2 aliphatic rings. The lowest BCUT2D eigenvalue weighted by atomic mass is 9.75. The van der Waals surface area contributed by atoms with E-state index in [-0.39, 0.29) is 5.78 Å². The summed E-state index contributed by atoms with van der Waals surface area (Å²) in [7, 11) is 0. The normalized spacial score (nSPS) is 19.5. The molecule has 0 saturated heterocycles. The van der Waals surface area contributed by atoms with Crippen LogP contribution in [0.2, 0.25) is 0 Å². The molecule has 7 heteroatoms. The van der Waals surface area contributed by atoms with Crippen LogP contribution in [0.5, 0.6) is 0 Å². The quantitative estimate of drug-likeness (QED) is 0.634. The topological polar surface area (TPSA) is 83.0 Å². The van der Waals surface area contributed by atoms with Crippen molar-refractivity contribution in [2.75, 3.05) is 4.90 Å². The van der Waals surface area contributed by atoms with Gasteiger partial charge in [0.25, 0.3) is 0 Å². The number of rotatable bonds is 2. The van der Waals surface area contributed by atoms with Crippen molar-refractivity contribution in [3.8, 4) is 6.07 Å². The molecular formula is C21H16Br2N4O. The predicted octanol–water partition coefficient (Wildman–Crippen LogP) is 4.91. The number of pyridine rings is 1. The number of halogens is 2. The summed E-state index contributed by atoms with van der Waals surface area (Å²) in [6.07, 6.45) is 3.63. The van der Waals surface area contributed by atoms with Gasteiger partial charge in [-0.05, 0) is 58.6 Å². The highest BCUT2D eigenvalue weighted by atomic mass is 79.9. The Kier molecular flexibility index (Phi) is 5.09. The summed E-state index contributed by atoms with van der Waals surface area (Å²) in [5, 5.41) is 9.95. The molecule has 0 amide bonds. The van der Waals surface area contributed by atoms with Gasteiger partial charge in [-0.3, -0.25) is 9.69 Å². The zero-order valence-electron chi connectivity index (χ0n) is 14.8. The van der Waals surface area contributed by atoms with Gasteiger partial charge < -0.3 is 5.73 Å². The molecule has 1 aromatic carbocycles. The zero-order chi connectivity index (χ0) is 19.8. The first kappa shape index (κ1) is 18.9. The standard InChI is InChI=1S/C21H16Br2N4O/c22-13-6-4-12(5-7-13)19-15(10-24)21(25)27(18-9-8-14(23)11-26-18)16-2-1-3-17(28)20(16)19/h4-9,11,19H,1-3,25H2. The van der Waals surface area contributed by atoms with Crippen molar-refractivity contribution in [3.63, 3.8) is 0 Å². The number of allylic oxidation sites excluding steroid dienone is 3. The average Bonchev–Trinajstić information content (AvgIpc) is 2.69. The molecule has 4 rings (SSSR count). The minimum absolute atomic E-state index is 0.0662. The Bertz CT molecular complexity index is 1050. The van der Waals surface area contributed by atoms with Crippen LogP contribution in [0.25, 0.3) is 0 Å². The van der Waals surface area contributed by atoms with E-state index in [0.717, 1.165) is 26.6 Å². The van der Waals surface area contributed by atoms with E-state index in [9.17, 15) is 10.1 Å². The maximum Gasteiger partial charge on any atom is 0.161 e. The summed E-state index contributed by atoms with van der Waals surface area (Å²) in [5.41, 5.74) is 9.25. The molecule has 0 saturated carbocycles. The van der Waals surface area contributed by atoms with E-state index < -0.39 is 5.92 Å². The molecule has 28 heavy (non-hydrogen) atoms. The van der Waals surface area contributed by atoms with Crippen molar-refractivity contribution in [3.05, 3.63) is 79.8 Å². The average molecular weight is 500 g/mol. The van der Waals surface area contributed by atoms with Gasteiger partial charge in [0.1, 0.15) is 11.6 Å². The van der Waals surface area contributed by atoms with E-state index in [2.05, 4.69) is 42.9 Å². The SMILES string of the molecule is N#CC1=C(N)N(c2ccc(Br)cn2)C2=C(C(=O)CCC2)C1c1ccc(Br)cc1. The highest BCUT2D eigenvalue weighted by molar-refractivity contribution is 9.10. The number of ketones is 1. The lowest BCUT2D eigenvalue weighted by molar-refractivity contribution is -0.116. The van der Waals surface area contributed by atoms with Crippen molar-refractivity contribution in [1.29, 1.82) is 5.26 Å². The molecule has 2 aromatic rings. The fourth-order valence-corrected chi connectivity index (χ4v) is 4.34. The van der Waals surface area contributed by atoms with Crippen molar-refractivity contribution in [2.45, 2.75) is 25.2 Å². The number of aromatic nitrogens is 1. The van der Waals surface area contributed by atoms with Crippen LogP contribution in [0, 0.1) is 11.3 Å². The number of nitrogens with two attached hydrogens (primary N) is 1. The number of anilines is 1. The third-order valence-corrected chi connectivity index (χ3v) is 6.06. The van der Waals surface area contributed by atoms with Crippen LogP contribution in [0.15, 0.2) is 74.2 Å². The van der Waals surface area contributed by atoms with E-state index in [1.165, 1.54) is 0 Å². The molecule has 1 aromatic heterocycles. The minimum Gasteiger partial charge on any atom is -0.384 e. The van der Waals surface area contributed by atoms with Crippen LogP contribution in [0.3, 0.4) is 0 Å². The van der Waals surface area contributed by atoms with Gasteiger partial charge in [0.05, 0.1) is 17.6 Å². The van der Waals surface area contributed by atoms with Crippen LogP contribution in [-0.2, 0) is 4.79 Å². The van der Waals surface area contributed by atoms with Gasteiger partial charge in [-0.15, -0.1) is 0 Å². The van der Waals surface area contributed by atoms with Crippen molar-refractivity contribution < 1.29 is 4.79 Å². The van der Waals surface area contributed by atoms with Gasteiger partial charge in [0.15, 0.2) is 5.78 Å². The van der Waals surface area contributed by atoms with E-state index >= 15 is 0 Å². The summed E-state index contributed by atoms with van der Waals surface area (Å²) in [4.78, 5) is 19.2. The van der Waals surface area contributed by atoms with Gasteiger partial charge in [0.2, 0.25) is 0 Å². The van der Waals surface area contributed by atoms with Crippen LogP contribution in [0.4, 0.5) is 5.82 Å². The fourth-order valence-electron chi connectivity index (χ4n) is 3.84. The first-order chi connectivity index (χ1) is 13.5. The smallest absolute Gasteiger partial charge is 0.161 e. The second-order valence-electron chi connectivity index (χ2n) is 6.70. The molecule has 1 aliphatic heterocycles. The number of benzene rings is 1. The Balaban J connectivity index is 1.95. The Labute approximate surface area is 179 Å². The van der Waals surface area contributed by atoms with Gasteiger partial charge in [-0.1, -0.05) is 28.1 Å². The van der Waals surface area contributed by atoms with E-state index in [1.807, 2.05) is 36.4 Å². The molecule has 2 N–H and O–H groups in total. The molecule has 140 valence electrons. The summed E-state index contributed by atoms with van der Waals surface area (Å²) in [5.74, 6) is 0.549. The second-order valence-corrected chi connectivity index (χ2v) is 8.53. The largest absolute Gasteiger partial charge is 0.384 e. The van der Waals surface area contributed by atoms with E-state index in [1.54, 1.807) is 11.1 Å². The van der Waals surface area contributed by atoms with Crippen LogP contribution < -0.4 is 10.6 Å². The molecule has 1 atom stereocenters. The first-order valence-corrected chi connectivity index (χ1v) is 10.4.